The summed E-state index contributed by atoms with van der Waals surface area (Å²) in [6.45, 7) is 6.31. The van der Waals surface area contributed by atoms with Crippen molar-refractivity contribution in [2.24, 2.45) is 0 Å². The van der Waals surface area contributed by atoms with Crippen LogP contribution in [-0.4, -0.2) is 54.0 Å². The fraction of sp³-hybridized carbons (Fsp3) is 0.250. The van der Waals surface area contributed by atoms with E-state index < -0.39 is 40.9 Å². The summed E-state index contributed by atoms with van der Waals surface area (Å²) in [6.07, 6.45) is 0. The van der Waals surface area contributed by atoms with Crippen molar-refractivity contribution in [2.45, 2.75) is 27.3 Å². The zero-order valence-electron chi connectivity index (χ0n) is 25.4. The molecule has 0 unspecified atom stereocenters. The summed E-state index contributed by atoms with van der Waals surface area (Å²) < 4.78 is 58.5. The molecule has 0 aliphatic carbocycles. The van der Waals surface area contributed by atoms with Gasteiger partial charge in [-0.15, -0.1) is 0 Å². The number of fused-ring (bicyclic) bond motifs is 1. The molecule has 0 atom stereocenters. The molecule has 3 aromatic carbocycles. The number of aromatic nitrogens is 2. The Kier molecular flexibility index (Phi) is 10.3. The Morgan fingerprint density at radius 2 is 1.64 bits per heavy atom. The van der Waals surface area contributed by atoms with Gasteiger partial charge in [0.25, 0.3) is 5.91 Å². The van der Waals surface area contributed by atoms with Crippen LogP contribution in [-0.2, 0) is 6.54 Å². The summed E-state index contributed by atoms with van der Waals surface area (Å²) in [6, 6.07) is 9.94. The minimum atomic E-state index is -0.994. The van der Waals surface area contributed by atoms with Gasteiger partial charge in [0.15, 0.2) is 5.82 Å². The van der Waals surface area contributed by atoms with Gasteiger partial charge in [0.2, 0.25) is 5.95 Å². The Hall–Kier alpha value is -5.04. The monoisotopic (exact) mass is 623 g/mol. The maximum absolute atomic E-state index is 15.3. The van der Waals surface area contributed by atoms with Gasteiger partial charge in [0, 0.05) is 35.5 Å². The molecule has 1 aliphatic rings. The SMILES string of the molecule is CC.Cc1c(F)cc(C(=O)Nc2ccc(F)cc2)cc1-c1nc(NCCN(C)C)nc2c1CNC(=O)N2c1c(F)cccc1F. The zero-order chi connectivity index (χ0) is 32.8. The molecule has 0 bridgehead atoms. The average molecular weight is 624 g/mol. The number of anilines is 4. The first-order valence-electron chi connectivity index (χ1n) is 14.2. The molecule has 13 heteroatoms. The van der Waals surface area contributed by atoms with Crippen LogP contribution in [0.3, 0.4) is 0 Å². The number of para-hydroxylation sites is 1. The van der Waals surface area contributed by atoms with Crippen LogP contribution in [0.5, 0.6) is 0 Å². The lowest BCUT2D eigenvalue weighted by Gasteiger charge is -2.31. The fourth-order valence-corrected chi connectivity index (χ4v) is 4.55. The molecule has 4 aromatic rings. The second-order valence-electron chi connectivity index (χ2n) is 10.1. The number of nitrogens with zero attached hydrogens (tertiary/aromatic N) is 4. The van der Waals surface area contributed by atoms with E-state index in [1.54, 1.807) is 0 Å². The molecule has 0 radical (unpaired) electrons. The smallest absolute Gasteiger partial charge is 0.328 e. The summed E-state index contributed by atoms with van der Waals surface area (Å²) in [7, 11) is 3.73. The molecule has 3 amide bonds. The van der Waals surface area contributed by atoms with E-state index in [1.165, 1.54) is 43.3 Å². The number of rotatable bonds is 8. The highest BCUT2D eigenvalue weighted by Crippen LogP contribution is 2.39. The zero-order valence-corrected chi connectivity index (χ0v) is 25.4. The highest BCUT2D eigenvalue weighted by atomic mass is 19.1. The second kappa shape index (κ2) is 14.2. The number of likely N-dealkylation sites (N-methyl/N-ethyl adjacent to an activating group) is 1. The quantitative estimate of drug-likeness (QED) is 0.191. The van der Waals surface area contributed by atoms with Crippen molar-refractivity contribution >= 4 is 35.1 Å². The first-order valence-corrected chi connectivity index (χ1v) is 14.2. The number of carbonyl (C=O) groups excluding carboxylic acids is 2. The maximum atomic E-state index is 15.3. The van der Waals surface area contributed by atoms with E-state index in [2.05, 4.69) is 25.9 Å². The Balaban J connectivity index is 0.00000226. The molecule has 0 fully saturated rings. The summed E-state index contributed by atoms with van der Waals surface area (Å²) in [4.78, 5) is 37.9. The van der Waals surface area contributed by atoms with Crippen molar-refractivity contribution in [2.75, 3.05) is 42.7 Å². The van der Waals surface area contributed by atoms with Crippen LogP contribution in [0.2, 0.25) is 0 Å². The van der Waals surface area contributed by atoms with E-state index in [4.69, 9.17) is 0 Å². The van der Waals surface area contributed by atoms with E-state index >= 15 is 4.39 Å². The van der Waals surface area contributed by atoms with Gasteiger partial charge in [0.05, 0.1) is 12.2 Å². The Labute approximate surface area is 258 Å². The van der Waals surface area contributed by atoms with Gasteiger partial charge in [-0.1, -0.05) is 19.9 Å². The third-order valence-corrected chi connectivity index (χ3v) is 6.78. The third-order valence-electron chi connectivity index (χ3n) is 6.78. The molecule has 2 heterocycles. The number of urea groups is 1. The number of carbonyl (C=O) groups is 2. The molecule has 9 nitrogen and oxygen atoms in total. The van der Waals surface area contributed by atoms with Crippen molar-refractivity contribution < 1.29 is 27.2 Å². The van der Waals surface area contributed by atoms with E-state index in [9.17, 15) is 22.8 Å². The first kappa shape index (κ1) is 32.9. The fourth-order valence-electron chi connectivity index (χ4n) is 4.55. The van der Waals surface area contributed by atoms with Gasteiger partial charge in [-0.3, -0.25) is 4.79 Å². The molecular weight excluding hydrogens is 590 g/mol. The number of amides is 3. The largest absolute Gasteiger partial charge is 0.353 e. The first-order chi connectivity index (χ1) is 21.5. The lowest BCUT2D eigenvalue weighted by Crippen LogP contribution is -2.43. The van der Waals surface area contributed by atoms with E-state index in [0.717, 1.165) is 23.1 Å². The lowest BCUT2D eigenvalue weighted by atomic mass is 9.97. The van der Waals surface area contributed by atoms with Crippen LogP contribution in [0.25, 0.3) is 11.3 Å². The van der Waals surface area contributed by atoms with Crippen LogP contribution in [0, 0.1) is 30.2 Å². The summed E-state index contributed by atoms with van der Waals surface area (Å²) >= 11 is 0. The molecule has 236 valence electrons. The molecule has 3 N–H and O–H groups in total. The van der Waals surface area contributed by atoms with Gasteiger partial charge >= 0.3 is 6.03 Å². The normalized spacial score (nSPS) is 12.2. The second-order valence-corrected chi connectivity index (χ2v) is 10.1. The lowest BCUT2D eigenvalue weighted by molar-refractivity contribution is 0.102. The van der Waals surface area contributed by atoms with Crippen molar-refractivity contribution in [1.29, 1.82) is 0 Å². The van der Waals surface area contributed by atoms with Crippen LogP contribution in [0.1, 0.15) is 35.3 Å². The molecule has 0 saturated carbocycles. The van der Waals surface area contributed by atoms with Crippen molar-refractivity contribution in [3.8, 4) is 11.3 Å². The van der Waals surface area contributed by atoms with Crippen LogP contribution >= 0.6 is 0 Å². The van der Waals surface area contributed by atoms with E-state index in [1.807, 2.05) is 32.8 Å². The van der Waals surface area contributed by atoms with Crippen molar-refractivity contribution in [1.82, 2.24) is 20.2 Å². The summed E-state index contributed by atoms with van der Waals surface area (Å²) in [5.74, 6) is -3.94. The van der Waals surface area contributed by atoms with Crippen LogP contribution in [0.4, 0.5) is 45.5 Å². The Bertz CT molecular complexity index is 1700. The Morgan fingerprint density at radius 3 is 2.29 bits per heavy atom. The highest BCUT2D eigenvalue weighted by molar-refractivity contribution is 6.06. The minimum absolute atomic E-state index is 0.0213. The number of nitrogens with one attached hydrogen (secondary N) is 3. The van der Waals surface area contributed by atoms with Gasteiger partial charge in [-0.25, -0.2) is 32.2 Å². The summed E-state index contributed by atoms with van der Waals surface area (Å²) in [5.41, 5.74) is 0.327. The third kappa shape index (κ3) is 7.20. The predicted molar refractivity (Wildman–Crippen MR) is 166 cm³/mol. The molecule has 45 heavy (non-hydrogen) atoms. The molecule has 1 aliphatic heterocycles. The van der Waals surface area contributed by atoms with Gasteiger partial charge < -0.3 is 20.9 Å². The molecule has 0 saturated heterocycles. The topological polar surface area (TPSA) is 102 Å². The molecule has 1 aromatic heterocycles. The van der Waals surface area contributed by atoms with Crippen molar-refractivity contribution in [3.05, 3.63) is 94.6 Å². The van der Waals surface area contributed by atoms with Crippen LogP contribution in [0.15, 0.2) is 54.6 Å². The molecular formula is C32H33F4N7O2. The highest BCUT2D eigenvalue weighted by Gasteiger charge is 2.34. The number of halogens is 4. The van der Waals surface area contributed by atoms with E-state index in [0.29, 0.717) is 18.8 Å². The number of hydrogen-bond acceptors (Lipinski definition) is 6. The standard InChI is InChI=1S/C30H27F4N7O2.C2H6/c1-16-20(13-17(14-24(16)34)28(42)37-19-9-7-18(31)8-10-19)25-21-15-36-30(43)41(26-22(32)5-4-6-23(26)33)27(21)39-29(38-25)35-11-12-40(2)3;1-2/h4-10,13-14H,11-12,15H2,1-3H3,(H,36,43)(H,37,42)(H,35,38,39);1-2H3. The predicted octanol–water partition coefficient (Wildman–Crippen LogP) is 6.62. The molecule has 0 spiro atoms. The summed E-state index contributed by atoms with van der Waals surface area (Å²) in [5, 5.41) is 8.23. The number of benzene rings is 3. The maximum Gasteiger partial charge on any atom is 0.328 e. The van der Waals surface area contributed by atoms with Gasteiger partial charge in [-0.05, 0) is 75.1 Å². The minimum Gasteiger partial charge on any atom is -0.353 e. The average Bonchev–Trinajstić information content (AvgIpc) is 3.01. The van der Waals surface area contributed by atoms with Gasteiger partial charge in [-0.2, -0.15) is 4.98 Å². The van der Waals surface area contributed by atoms with Gasteiger partial charge in [0.1, 0.15) is 29.0 Å². The van der Waals surface area contributed by atoms with E-state index in [-0.39, 0.29) is 46.3 Å². The number of hydrogen-bond donors (Lipinski definition) is 3. The molecule has 5 rings (SSSR count). The van der Waals surface area contributed by atoms with Crippen molar-refractivity contribution in [3.63, 3.8) is 0 Å². The Morgan fingerprint density at radius 1 is 0.978 bits per heavy atom. The van der Waals surface area contributed by atoms with Crippen LogP contribution < -0.4 is 20.9 Å².